The molecule has 120 valence electrons. The topological polar surface area (TPSA) is 90.8 Å². The quantitative estimate of drug-likeness (QED) is 0.391. The van der Waals surface area contributed by atoms with E-state index in [0.717, 1.165) is 5.56 Å². The molecule has 0 bridgehead atoms. The first-order valence-corrected chi connectivity index (χ1v) is 7.12. The minimum Gasteiger partial charge on any atom is -0.444 e. The van der Waals surface area contributed by atoms with Gasteiger partial charge in [0.15, 0.2) is 6.61 Å². The average molecular weight is 323 g/mol. The van der Waals surface area contributed by atoms with Crippen molar-refractivity contribution < 1.29 is 14.2 Å². The highest BCUT2D eigenvalue weighted by Crippen LogP contribution is 2.18. The maximum atomic E-state index is 10.7. The molecule has 7 nitrogen and oxygen atoms in total. The number of nitrogens with zero attached hydrogens (tertiary/aromatic N) is 3. The summed E-state index contributed by atoms with van der Waals surface area (Å²) in [6.45, 7) is 0.141. The van der Waals surface area contributed by atoms with Gasteiger partial charge in [0, 0.05) is 23.3 Å². The van der Waals surface area contributed by atoms with Gasteiger partial charge in [0.2, 0.25) is 5.89 Å². The lowest BCUT2D eigenvalue weighted by molar-refractivity contribution is -0.384. The van der Waals surface area contributed by atoms with Crippen LogP contribution < -0.4 is 0 Å². The van der Waals surface area contributed by atoms with Crippen molar-refractivity contribution in [3.63, 3.8) is 0 Å². The van der Waals surface area contributed by atoms with Crippen LogP contribution in [-0.4, -0.2) is 16.1 Å². The minimum absolute atomic E-state index is 0.00274. The molecule has 3 aromatic rings. The second-order valence-corrected chi connectivity index (χ2v) is 4.87. The van der Waals surface area contributed by atoms with Crippen molar-refractivity contribution in [3.05, 3.63) is 82.2 Å². The first kappa shape index (κ1) is 15.4. The van der Waals surface area contributed by atoms with E-state index in [1.807, 2.05) is 30.3 Å². The average Bonchev–Trinajstić information content (AvgIpc) is 3.09. The molecule has 24 heavy (non-hydrogen) atoms. The molecule has 0 aliphatic carbocycles. The first-order chi connectivity index (χ1) is 11.7. The van der Waals surface area contributed by atoms with Crippen LogP contribution in [0.1, 0.15) is 11.3 Å². The molecule has 0 aliphatic rings. The van der Waals surface area contributed by atoms with Crippen LogP contribution in [0.25, 0.3) is 11.5 Å². The zero-order valence-corrected chi connectivity index (χ0v) is 12.5. The number of hydrogen-bond donors (Lipinski definition) is 0. The Morgan fingerprint density at radius 3 is 2.83 bits per heavy atom. The maximum absolute atomic E-state index is 10.7. The second-order valence-electron chi connectivity index (χ2n) is 4.87. The van der Waals surface area contributed by atoms with Crippen LogP contribution in [0.5, 0.6) is 0 Å². The number of hydrogen-bond acceptors (Lipinski definition) is 6. The molecule has 0 radical (unpaired) electrons. The highest BCUT2D eigenvalue weighted by molar-refractivity contribution is 5.80. The molecule has 7 heteroatoms. The number of aromatic nitrogens is 1. The van der Waals surface area contributed by atoms with E-state index in [4.69, 9.17) is 9.25 Å². The zero-order chi connectivity index (χ0) is 16.8. The number of non-ortho nitro benzene ring substituents is 1. The molecule has 0 unspecified atom stereocenters. The molecule has 1 aromatic heterocycles. The lowest BCUT2D eigenvalue weighted by Gasteiger charge is -1.96. The van der Waals surface area contributed by atoms with Crippen molar-refractivity contribution in [1.29, 1.82) is 0 Å². The number of oxazole rings is 1. The summed E-state index contributed by atoms with van der Waals surface area (Å²) in [5, 5.41) is 14.5. The lowest BCUT2D eigenvalue weighted by Crippen LogP contribution is -1.91. The number of oxime groups is 1. The van der Waals surface area contributed by atoms with Crippen molar-refractivity contribution in [2.45, 2.75) is 6.61 Å². The Labute approximate surface area is 137 Å². The number of rotatable bonds is 6. The van der Waals surface area contributed by atoms with Gasteiger partial charge in [0.1, 0.15) is 12.0 Å². The number of nitro benzene ring substituents is 1. The molecule has 1 heterocycles. The van der Waals surface area contributed by atoms with Crippen molar-refractivity contribution >= 4 is 11.9 Å². The predicted octanol–water partition coefficient (Wildman–Crippen LogP) is 3.80. The normalized spacial score (nSPS) is 10.8. The van der Waals surface area contributed by atoms with E-state index in [2.05, 4.69) is 10.1 Å². The van der Waals surface area contributed by atoms with Gasteiger partial charge in [-0.15, -0.1) is 0 Å². The smallest absolute Gasteiger partial charge is 0.270 e. The molecule has 0 atom stereocenters. The molecule has 2 aromatic carbocycles. The summed E-state index contributed by atoms with van der Waals surface area (Å²) in [6, 6.07) is 15.6. The van der Waals surface area contributed by atoms with Gasteiger partial charge in [0.05, 0.1) is 11.1 Å². The predicted molar refractivity (Wildman–Crippen MR) is 87.4 cm³/mol. The SMILES string of the molecule is O=[N+]([O-])c1cccc(/C=N/OCc2coc(-c3ccccc3)n2)c1. The van der Waals surface area contributed by atoms with E-state index in [9.17, 15) is 10.1 Å². The Balaban J connectivity index is 1.58. The zero-order valence-electron chi connectivity index (χ0n) is 12.5. The number of benzene rings is 2. The van der Waals surface area contributed by atoms with Crippen LogP contribution in [0.2, 0.25) is 0 Å². The van der Waals surface area contributed by atoms with E-state index in [-0.39, 0.29) is 12.3 Å². The molecule has 0 fully saturated rings. The van der Waals surface area contributed by atoms with Crippen LogP contribution in [-0.2, 0) is 11.4 Å². The number of nitro groups is 1. The van der Waals surface area contributed by atoms with E-state index in [1.54, 1.807) is 12.1 Å². The Hall–Kier alpha value is -3.48. The third-order valence-electron chi connectivity index (χ3n) is 3.14. The fourth-order valence-corrected chi connectivity index (χ4v) is 2.01. The molecule has 0 saturated carbocycles. The lowest BCUT2D eigenvalue weighted by atomic mass is 10.2. The third-order valence-corrected chi connectivity index (χ3v) is 3.14. The second kappa shape index (κ2) is 7.19. The van der Waals surface area contributed by atoms with Crippen molar-refractivity contribution in [2.75, 3.05) is 0 Å². The van der Waals surface area contributed by atoms with E-state index < -0.39 is 4.92 Å². The van der Waals surface area contributed by atoms with Gasteiger partial charge < -0.3 is 9.25 Å². The maximum Gasteiger partial charge on any atom is 0.270 e. The van der Waals surface area contributed by atoms with Gasteiger partial charge in [-0.2, -0.15) is 0 Å². The van der Waals surface area contributed by atoms with Gasteiger partial charge in [-0.1, -0.05) is 35.5 Å². The molecule has 0 N–H and O–H groups in total. The monoisotopic (exact) mass is 323 g/mol. The summed E-state index contributed by atoms with van der Waals surface area (Å²) in [6.07, 6.45) is 2.91. The third kappa shape index (κ3) is 3.83. The molecular weight excluding hydrogens is 310 g/mol. The van der Waals surface area contributed by atoms with Crippen LogP contribution in [0, 0.1) is 10.1 Å². The molecule has 0 aliphatic heterocycles. The highest BCUT2D eigenvalue weighted by atomic mass is 16.6. The van der Waals surface area contributed by atoms with Gasteiger partial charge in [-0.25, -0.2) is 4.98 Å². The van der Waals surface area contributed by atoms with Crippen molar-refractivity contribution in [3.8, 4) is 11.5 Å². The fraction of sp³-hybridized carbons (Fsp3) is 0.0588. The van der Waals surface area contributed by atoms with Crippen LogP contribution in [0.4, 0.5) is 5.69 Å². The summed E-state index contributed by atoms with van der Waals surface area (Å²) >= 11 is 0. The largest absolute Gasteiger partial charge is 0.444 e. The van der Waals surface area contributed by atoms with Crippen molar-refractivity contribution in [1.82, 2.24) is 4.98 Å². The van der Waals surface area contributed by atoms with E-state index in [0.29, 0.717) is 17.1 Å². The van der Waals surface area contributed by atoms with Gasteiger partial charge in [0.25, 0.3) is 5.69 Å². The summed E-state index contributed by atoms with van der Waals surface area (Å²) < 4.78 is 5.39. The standard InChI is InChI=1S/C17H13N3O4/c21-20(22)16-8-4-5-13(9-16)10-18-24-12-15-11-23-17(19-15)14-6-2-1-3-7-14/h1-11H,12H2/b18-10+. The highest BCUT2D eigenvalue weighted by Gasteiger charge is 2.06. The first-order valence-electron chi connectivity index (χ1n) is 7.12. The Kier molecular flexibility index (Phi) is 4.62. The van der Waals surface area contributed by atoms with E-state index >= 15 is 0 Å². The van der Waals surface area contributed by atoms with Crippen LogP contribution >= 0.6 is 0 Å². The Morgan fingerprint density at radius 2 is 2.04 bits per heavy atom. The van der Waals surface area contributed by atoms with Gasteiger partial charge in [-0.3, -0.25) is 10.1 Å². The molecule has 0 amide bonds. The summed E-state index contributed by atoms with van der Waals surface area (Å²) in [5.74, 6) is 0.511. The van der Waals surface area contributed by atoms with Gasteiger partial charge >= 0.3 is 0 Å². The summed E-state index contributed by atoms with van der Waals surface area (Å²) in [7, 11) is 0. The fourth-order valence-electron chi connectivity index (χ4n) is 2.01. The summed E-state index contributed by atoms with van der Waals surface area (Å²) in [5.41, 5.74) is 2.06. The molecule has 0 spiro atoms. The Bertz CT molecular complexity index is 859. The van der Waals surface area contributed by atoms with Crippen LogP contribution in [0.3, 0.4) is 0 Å². The van der Waals surface area contributed by atoms with E-state index in [1.165, 1.54) is 24.6 Å². The molecule has 0 saturated heterocycles. The molecule has 3 rings (SSSR count). The molecular formula is C17H13N3O4. The van der Waals surface area contributed by atoms with Crippen molar-refractivity contribution in [2.24, 2.45) is 5.16 Å². The van der Waals surface area contributed by atoms with Gasteiger partial charge in [-0.05, 0) is 12.1 Å². The summed E-state index contributed by atoms with van der Waals surface area (Å²) in [4.78, 5) is 19.7. The van der Waals surface area contributed by atoms with Crippen LogP contribution in [0.15, 0.2) is 70.4 Å². The Morgan fingerprint density at radius 1 is 1.21 bits per heavy atom. The minimum atomic E-state index is -0.460.